The third-order valence-electron chi connectivity index (χ3n) is 8.65. The Kier molecular flexibility index (Phi) is 12.0. The molecule has 1 N–H and O–H groups in total. The van der Waals surface area contributed by atoms with E-state index in [0.29, 0.717) is 15.9 Å². The second-order valence-corrected chi connectivity index (χ2v) is 15.5. The van der Waals surface area contributed by atoms with Crippen molar-refractivity contribution in [2.24, 2.45) is 0 Å². The molecule has 5 rings (SSSR count). The molecule has 0 spiro atoms. The van der Waals surface area contributed by atoms with Gasteiger partial charge in [0.05, 0.1) is 21.2 Å². The van der Waals surface area contributed by atoms with Crippen molar-refractivity contribution in [2.45, 2.75) is 68.7 Å². The van der Waals surface area contributed by atoms with Gasteiger partial charge in [0.15, 0.2) is 0 Å². The van der Waals surface area contributed by atoms with Gasteiger partial charge in [-0.25, -0.2) is 8.42 Å². The third kappa shape index (κ3) is 9.26. The minimum absolute atomic E-state index is 0.0723. The van der Waals surface area contributed by atoms with Crippen LogP contribution in [0.1, 0.15) is 47.9 Å². The first-order chi connectivity index (χ1) is 23.7. The van der Waals surface area contributed by atoms with Crippen molar-refractivity contribution < 1.29 is 31.2 Å². The van der Waals surface area contributed by atoms with E-state index in [1.165, 1.54) is 17.0 Å². The summed E-state index contributed by atoms with van der Waals surface area (Å²) in [6.45, 7) is 0.779. The number of halogens is 5. The number of benzene rings is 4. The van der Waals surface area contributed by atoms with E-state index in [-0.39, 0.29) is 23.9 Å². The number of nitrogens with one attached hydrogen (secondary N) is 1. The fourth-order valence-electron chi connectivity index (χ4n) is 6.01. The summed E-state index contributed by atoms with van der Waals surface area (Å²) in [5, 5.41) is 2.47. The van der Waals surface area contributed by atoms with Crippen molar-refractivity contribution in [3.8, 4) is 0 Å². The highest BCUT2D eigenvalue weighted by Crippen LogP contribution is 2.38. The molecule has 13 heteroatoms. The smallest absolute Gasteiger partial charge is 0.352 e. The van der Waals surface area contributed by atoms with Crippen LogP contribution in [0.2, 0.25) is 5.02 Å². The molecule has 0 bridgehead atoms. The van der Waals surface area contributed by atoms with Gasteiger partial charge >= 0.3 is 6.18 Å². The SMILES string of the molecule is Cc1ccc(S(=O)(=O)N(CC(=O)N(Cc2cccc(Br)c2)[C@@H](Cc2ccccc2)C(=O)NC2CCCC2)c2ccc(Cl)c(C(F)(F)F)c2)cc1. The molecule has 4 aromatic carbocycles. The highest BCUT2D eigenvalue weighted by Gasteiger charge is 2.38. The number of hydrogen-bond donors (Lipinski definition) is 1. The summed E-state index contributed by atoms with van der Waals surface area (Å²) >= 11 is 9.36. The zero-order valence-electron chi connectivity index (χ0n) is 27.2. The number of alkyl halides is 3. The molecule has 1 aliphatic rings. The maximum absolute atomic E-state index is 14.7. The van der Waals surface area contributed by atoms with Crippen LogP contribution in [0, 0.1) is 6.92 Å². The quantitative estimate of drug-likeness (QED) is 0.157. The lowest BCUT2D eigenvalue weighted by atomic mass is 10.0. The van der Waals surface area contributed by atoms with Crippen LogP contribution < -0.4 is 9.62 Å². The molecule has 0 saturated heterocycles. The lowest BCUT2D eigenvalue weighted by Crippen LogP contribution is -2.54. The van der Waals surface area contributed by atoms with Crippen LogP contribution >= 0.6 is 27.5 Å². The summed E-state index contributed by atoms with van der Waals surface area (Å²) in [6, 6.07) is 23.6. The topological polar surface area (TPSA) is 86.8 Å². The number of carbonyl (C=O) groups excluding carboxylic acids is 2. The number of carbonyl (C=O) groups is 2. The number of aryl methyl sites for hydroxylation is 1. The van der Waals surface area contributed by atoms with Crippen LogP contribution in [-0.2, 0) is 38.8 Å². The summed E-state index contributed by atoms with van der Waals surface area (Å²) in [5.41, 5.74) is 0.515. The summed E-state index contributed by atoms with van der Waals surface area (Å²) in [4.78, 5) is 29.9. The van der Waals surface area contributed by atoms with Gasteiger partial charge in [0, 0.05) is 23.5 Å². The Hall–Kier alpha value is -3.87. The number of nitrogens with zero attached hydrogens (tertiary/aromatic N) is 2. The fourth-order valence-corrected chi connectivity index (χ4v) is 8.08. The first-order valence-electron chi connectivity index (χ1n) is 16.1. The van der Waals surface area contributed by atoms with E-state index in [4.69, 9.17) is 11.6 Å². The van der Waals surface area contributed by atoms with E-state index in [9.17, 15) is 31.2 Å². The van der Waals surface area contributed by atoms with Gasteiger partial charge in [-0.05, 0) is 73.4 Å². The Morgan fingerprint density at radius 3 is 2.22 bits per heavy atom. The third-order valence-corrected chi connectivity index (χ3v) is 11.3. The molecule has 0 heterocycles. The standard InChI is InChI=1S/C37H36BrClF3N3O4S/c1-25-14-17-31(18-15-25)50(48,49)45(30-16-19-33(39)32(22-30)37(40,41)42)24-35(46)44(23-27-10-7-11-28(38)20-27)34(21-26-8-3-2-4-9-26)36(47)43-29-12-5-6-13-29/h2-4,7-11,14-20,22,29,34H,5-6,12-13,21,23-24H2,1H3,(H,43,47)/t34-/m0/s1. The van der Waals surface area contributed by atoms with Gasteiger partial charge in [0.25, 0.3) is 10.0 Å². The largest absolute Gasteiger partial charge is 0.417 e. The second-order valence-electron chi connectivity index (χ2n) is 12.3. The highest BCUT2D eigenvalue weighted by molar-refractivity contribution is 9.10. The first kappa shape index (κ1) is 37.4. The first-order valence-corrected chi connectivity index (χ1v) is 18.7. The molecule has 264 valence electrons. The fraction of sp³-hybridized carbons (Fsp3) is 0.297. The number of sulfonamides is 1. The molecule has 4 aromatic rings. The van der Waals surface area contributed by atoms with Gasteiger partial charge in [0.2, 0.25) is 11.8 Å². The van der Waals surface area contributed by atoms with Crippen LogP contribution in [0.25, 0.3) is 0 Å². The Balaban J connectivity index is 1.61. The van der Waals surface area contributed by atoms with Crippen LogP contribution in [-0.4, -0.2) is 43.8 Å². The number of anilines is 1. The predicted octanol–water partition coefficient (Wildman–Crippen LogP) is 8.32. The molecule has 50 heavy (non-hydrogen) atoms. The second kappa shape index (κ2) is 16.0. The molecule has 7 nitrogen and oxygen atoms in total. The minimum atomic E-state index is -4.90. The van der Waals surface area contributed by atoms with Gasteiger partial charge < -0.3 is 10.2 Å². The van der Waals surface area contributed by atoms with Crippen molar-refractivity contribution in [3.05, 3.63) is 129 Å². The normalized spacial score (nSPS) is 14.3. The molecule has 0 unspecified atom stereocenters. The Morgan fingerprint density at radius 1 is 0.920 bits per heavy atom. The lowest BCUT2D eigenvalue weighted by Gasteiger charge is -2.34. The van der Waals surface area contributed by atoms with Gasteiger partial charge in [0.1, 0.15) is 12.6 Å². The maximum atomic E-state index is 14.7. The molecule has 1 fully saturated rings. The molecule has 1 saturated carbocycles. The van der Waals surface area contributed by atoms with E-state index >= 15 is 0 Å². The van der Waals surface area contributed by atoms with Crippen molar-refractivity contribution >= 4 is 55.1 Å². The number of amides is 2. The van der Waals surface area contributed by atoms with E-state index < -0.39 is 56.9 Å². The Bertz CT molecular complexity index is 1920. The highest BCUT2D eigenvalue weighted by atomic mass is 79.9. The summed E-state index contributed by atoms with van der Waals surface area (Å²) in [7, 11) is -4.61. The molecule has 1 atom stereocenters. The summed E-state index contributed by atoms with van der Waals surface area (Å²) in [5.74, 6) is -1.19. The average molecular weight is 791 g/mol. The van der Waals surface area contributed by atoms with Gasteiger partial charge in [-0.15, -0.1) is 0 Å². The average Bonchev–Trinajstić information content (AvgIpc) is 3.58. The molecule has 2 amide bonds. The van der Waals surface area contributed by atoms with Gasteiger partial charge in [-0.1, -0.05) is 101 Å². The van der Waals surface area contributed by atoms with Crippen LogP contribution in [0.4, 0.5) is 18.9 Å². The molecule has 0 aromatic heterocycles. The molecule has 1 aliphatic carbocycles. The minimum Gasteiger partial charge on any atom is -0.352 e. The van der Waals surface area contributed by atoms with Crippen molar-refractivity contribution in [1.29, 1.82) is 0 Å². The summed E-state index contributed by atoms with van der Waals surface area (Å²) in [6.07, 6.45) is -1.27. The zero-order valence-corrected chi connectivity index (χ0v) is 30.3. The molecule has 0 aliphatic heterocycles. The molecule has 0 radical (unpaired) electrons. The van der Waals surface area contributed by atoms with Crippen LogP contribution in [0.5, 0.6) is 0 Å². The Labute approximate surface area is 303 Å². The lowest BCUT2D eigenvalue weighted by molar-refractivity contribution is -0.140. The monoisotopic (exact) mass is 789 g/mol. The van der Waals surface area contributed by atoms with Crippen LogP contribution in [0.15, 0.2) is 106 Å². The van der Waals surface area contributed by atoms with E-state index in [0.717, 1.165) is 53.4 Å². The van der Waals surface area contributed by atoms with E-state index in [1.54, 1.807) is 43.3 Å². The predicted molar refractivity (Wildman–Crippen MR) is 191 cm³/mol. The van der Waals surface area contributed by atoms with Crippen LogP contribution in [0.3, 0.4) is 0 Å². The maximum Gasteiger partial charge on any atom is 0.417 e. The molecular weight excluding hydrogens is 755 g/mol. The van der Waals surface area contributed by atoms with E-state index in [2.05, 4.69) is 21.2 Å². The number of hydrogen-bond acceptors (Lipinski definition) is 4. The van der Waals surface area contributed by atoms with Gasteiger partial charge in [-0.2, -0.15) is 13.2 Å². The van der Waals surface area contributed by atoms with Crippen molar-refractivity contribution in [1.82, 2.24) is 10.2 Å². The van der Waals surface area contributed by atoms with E-state index in [1.807, 2.05) is 30.3 Å². The molecular formula is C37H36BrClF3N3O4S. The zero-order chi connectivity index (χ0) is 36.1. The number of rotatable bonds is 12. The van der Waals surface area contributed by atoms with Crippen molar-refractivity contribution in [3.63, 3.8) is 0 Å². The van der Waals surface area contributed by atoms with Gasteiger partial charge in [-0.3, -0.25) is 13.9 Å². The summed E-state index contributed by atoms with van der Waals surface area (Å²) < 4.78 is 71.9. The Morgan fingerprint density at radius 2 is 1.58 bits per heavy atom. The van der Waals surface area contributed by atoms with Crippen molar-refractivity contribution in [2.75, 3.05) is 10.8 Å².